The molecule has 3 nitrogen and oxygen atoms in total. The average Bonchev–Trinajstić information content (AvgIpc) is 2.73. The number of rotatable bonds is 0. The third-order valence-corrected chi connectivity index (χ3v) is 7.21. The van der Waals surface area contributed by atoms with E-state index in [0.717, 1.165) is 19.3 Å². The number of fused-ring (bicyclic) bond motifs is 5. The van der Waals surface area contributed by atoms with Crippen molar-refractivity contribution in [1.29, 1.82) is 0 Å². The zero-order valence-corrected chi connectivity index (χ0v) is 11.1. The zero-order chi connectivity index (χ0) is 12.6. The molecular formula is C15H18O3. The largest absolute Gasteiger partial charge is 0.361 e. The van der Waals surface area contributed by atoms with Gasteiger partial charge in [-0.2, -0.15) is 0 Å². The van der Waals surface area contributed by atoms with Crippen molar-refractivity contribution in [3.8, 4) is 0 Å². The Kier molecular flexibility index (Phi) is 1.21. The van der Waals surface area contributed by atoms with Crippen molar-refractivity contribution in [2.45, 2.75) is 62.9 Å². The highest BCUT2D eigenvalue weighted by Gasteiger charge is 2.97. The molecule has 2 spiro atoms. The van der Waals surface area contributed by atoms with E-state index in [-0.39, 0.29) is 22.9 Å². The van der Waals surface area contributed by atoms with E-state index in [1.165, 1.54) is 0 Å². The fourth-order valence-corrected chi connectivity index (χ4v) is 5.99. The molecule has 5 rings (SSSR count). The Morgan fingerprint density at radius 1 is 1.22 bits per heavy atom. The van der Waals surface area contributed by atoms with Crippen molar-refractivity contribution in [3.05, 3.63) is 12.2 Å². The van der Waals surface area contributed by atoms with Crippen molar-refractivity contribution < 1.29 is 14.3 Å². The van der Waals surface area contributed by atoms with Gasteiger partial charge >= 0.3 is 0 Å². The van der Waals surface area contributed by atoms with Crippen molar-refractivity contribution in [2.75, 3.05) is 0 Å². The molecule has 0 aromatic carbocycles. The molecule has 0 amide bonds. The lowest BCUT2D eigenvalue weighted by molar-refractivity contribution is -0.203. The summed E-state index contributed by atoms with van der Waals surface area (Å²) in [6, 6.07) is 0. The van der Waals surface area contributed by atoms with Gasteiger partial charge in [0, 0.05) is 0 Å². The van der Waals surface area contributed by atoms with Gasteiger partial charge in [0.15, 0.2) is 5.78 Å². The molecule has 2 saturated carbocycles. The second-order valence-corrected chi connectivity index (χ2v) is 7.25. The van der Waals surface area contributed by atoms with Crippen LogP contribution in [0.15, 0.2) is 12.2 Å². The molecular weight excluding hydrogens is 228 g/mol. The van der Waals surface area contributed by atoms with Crippen LogP contribution in [0.5, 0.6) is 0 Å². The highest BCUT2D eigenvalue weighted by molar-refractivity contribution is 6.02. The number of Topliss-reactive ketones (excluding diaryl/α,β-unsaturated/α-hetero) is 1. The maximum Gasteiger partial charge on any atom is 0.157 e. The molecule has 0 N–H and O–H groups in total. The Morgan fingerprint density at radius 2 is 2.00 bits per heavy atom. The molecule has 6 atom stereocenters. The van der Waals surface area contributed by atoms with Crippen LogP contribution in [-0.4, -0.2) is 28.7 Å². The summed E-state index contributed by atoms with van der Waals surface area (Å²) in [6.07, 6.45) is 7.17. The van der Waals surface area contributed by atoms with Gasteiger partial charge in [-0.25, -0.2) is 0 Å². The molecule has 0 radical (unpaired) electrons. The Bertz CT molecular complexity index is 554. The highest BCUT2D eigenvalue weighted by atomic mass is 16.6. The van der Waals surface area contributed by atoms with Gasteiger partial charge in [-0.3, -0.25) is 4.79 Å². The van der Waals surface area contributed by atoms with Crippen molar-refractivity contribution in [1.82, 2.24) is 0 Å². The highest BCUT2D eigenvalue weighted by Crippen LogP contribution is 2.83. The van der Waals surface area contributed by atoms with Crippen LogP contribution < -0.4 is 0 Å². The lowest BCUT2D eigenvalue weighted by Crippen LogP contribution is -2.62. The van der Waals surface area contributed by atoms with Crippen molar-refractivity contribution >= 4 is 5.78 Å². The fraction of sp³-hybridized carbons (Fsp3) is 0.800. The molecule has 96 valence electrons. The molecule has 0 aromatic rings. The minimum atomic E-state index is -0.497. The van der Waals surface area contributed by atoms with E-state index >= 15 is 0 Å². The molecule has 3 aliphatic heterocycles. The fourth-order valence-electron chi connectivity index (χ4n) is 5.99. The molecule has 0 aromatic heterocycles. The van der Waals surface area contributed by atoms with Gasteiger partial charge in [-0.1, -0.05) is 12.2 Å². The Morgan fingerprint density at radius 3 is 2.78 bits per heavy atom. The van der Waals surface area contributed by atoms with Gasteiger partial charge in [0.25, 0.3) is 0 Å². The third kappa shape index (κ3) is 0.540. The molecule has 3 heterocycles. The smallest absolute Gasteiger partial charge is 0.157 e. The number of ketones is 1. The molecule has 4 fully saturated rings. The van der Waals surface area contributed by atoms with Crippen LogP contribution in [0.25, 0.3) is 0 Å². The zero-order valence-electron chi connectivity index (χ0n) is 11.1. The SMILES string of the molecule is C[C@]12O[C@@]1(C)[C@@]1(C)C(=O)[C@@]23CCC[C@@]32C=C[C@@H]1O2. The number of epoxide rings is 1. The summed E-state index contributed by atoms with van der Waals surface area (Å²) in [5.74, 6) is 0.407. The van der Waals surface area contributed by atoms with E-state index in [4.69, 9.17) is 9.47 Å². The van der Waals surface area contributed by atoms with Gasteiger partial charge < -0.3 is 9.47 Å². The summed E-state index contributed by atoms with van der Waals surface area (Å²) in [5, 5.41) is 0. The van der Waals surface area contributed by atoms with E-state index in [2.05, 4.69) is 32.9 Å². The van der Waals surface area contributed by atoms with E-state index in [1.54, 1.807) is 0 Å². The summed E-state index contributed by atoms with van der Waals surface area (Å²) in [6.45, 7) is 6.31. The molecule has 2 saturated heterocycles. The van der Waals surface area contributed by atoms with Crippen LogP contribution in [0.2, 0.25) is 0 Å². The van der Waals surface area contributed by atoms with Gasteiger partial charge in [0.2, 0.25) is 0 Å². The van der Waals surface area contributed by atoms with Crippen LogP contribution in [0, 0.1) is 10.8 Å². The molecule has 4 bridgehead atoms. The van der Waals surface area contributed by atoms with Gasteiger partial charge in [0.05, 0.1) is 16.9 Å². The topological polar surface area (TPSA) is 38.8 Å². The summed E-state index contributed by atoms with van der Waals surface area (Å²) < 4.78 is 12.6. The number of carbonyl (C=O) groups is 1. The standard InChI is InChI=1S/C15H18O3/c1-11-9-5-8-14(17-9)6-4-7-15(14,10(11)16)13(3)12(11,2)18-13/h5,8-9H,4,6-7H2,1-3H3/t9-,11+,12-,13-,14+,15-/m0/s1. The molecule has 3 heteroatoms. The number of carbonyl (C=O) groups excluding carboxylic acids is 1. The molecule has 18 heavy (non-hydrogen) atoms. The van der Waals surface area contributed by atoms with E-state index < -0.39 is 10.8 Å². The number of hydrogen-bond acceptors (Lipinski definition) is 3. The maximum atomic E-state index is 13.2. The van der Waals surface area contributed by atoms with Crippen LogP contribution in [-0.2, 0) is 14.3 Å². The molecule has 0 unspecified atom stereocenters. The summed E-state index contributed by atoms with van der Waals surface area (Å²) in [4.78, 5) is 13.2. The summed E-state index contributed by atoms with van der Waals surface area (Å²) in [7, 11) is 0. The van der Waals surface area contributed by atoms with Gasteiger partial charge in [-0.15, -0.1) is 0 Å². The second kappa shape index (κ2) is 2.14. The van der Waals surface area contributed by atoms with Crippen LogP contribution >= 0.6 is 0 Å². The summed E-state index contributed by atoms with van der Waals surface area (Å²) >= 11 is 0. The Hall–Kier alpha value is -0.670. The van der Waals surface area contributed by atoms with Crippen molar-refractivity contribution in [2.24, 2.45) is 10.8 Å². The first-order valence-electron chi connectivity index (χ1n) is 7.00. The predicted molar refractivity (Wildman–Crippen MR) is 64.0 cm³/mol. The Labute approximate surface area is 107 Å². The van der Waals surface area contributed by atoms with Crippen LogP contribution in [0.3, 0.4) is 0 Å². The Balaban J connectivity index is 1.92. The predicted octanol–water partition coefficient (Wildman–Crippen LogP) is 2.00. The average molecular weight is 246 g/mol. The van der Waals surface area contributed by atoms with E-state index in [1.807, 2.05) is 0 Å². The quantitative estimate of drug-likeness (QED) is 0.485. The van der Waals surface area contributed by atoms with E-state index in [0.29, 0.717) is 5.78 Å². The van der Waals surface area contributed by atoms with E-state index in [9.17, 15) is 4.79 Å². The molecule has 2 aliphatic carbocycles. The van der Waals surface area contributed by atoms with Crippen molar-refractivity contribution in [3.63, 3.8) is 0 Å². The normalized spacial score (nSPS) is 70.4. The van der Waals surface area contributed by atoms with Gasteiger partial charge in [0.1, 0.15) is 16.8 Å². The monoisotopic (exact) mass is 246 g/mol. The minimum Gasteiger partial charge on any atom is -0.361 e. The summed E-state index contributed by atoms with van der Waals surface area (Å²) in [5.41, 5.74) is -1.94. The first-order chi connectivity index (χ1) is 8.38. The molecule has 5 aliphatic rings. The first kappa shape index (κ1) is 10.2. The minimum absolute atomic E-state index is 0.0921. The van der Waals surface area contributed by atoms with Crippen LogP contribution in [0.4, 0.5) is 0 Å². The van der Waals surface area contributed by atoms with Gasteiger partial charge in [-0.05, 0) is 40.0 Å². The second-order valence-electron chi connectivity index (χ2n) is 7.25. The maximum absolute atomic E-state index is 13.2. The lowest BCUT2D eigenvalue weighted by Gasteiger charge is -2.49. The number of hydrogen-bond donors (Lipinski definition) is 0. The third-order valence-electron chi connectivity index (χ3n) is 7.21. The first-order valence-corrected chi connectivity index (χ1v) is 7.00. The number of ether oxygens (including phenoxy) is 2. The lowest BCUT2D eigenvalue weighted by atomic mass is 9.64. The van der Waals surface area contributed by atoms with Crippen LogP contribution in [0.1, 0.15) is 40.0 Å².